The van der Waals surface area contributed by atoms with Gasteiger partial charge in [-0.3, -0.25) is 9.78 Å². The summed E-state index contributed by atoms with van der Waals surface area (Å²) in [5.74, 6) is 0.497. The third-order valence-electron chi connectivity index (χ3n) is 4.67. The molecule has 4 aromatic rings. The second-order valence-electron chi connectivity index (χ2n) is 7.29. The molecule has 2 aromatic carbocycles. The quantitative estimate of drug-likeness (QED) is 0.399. The van der Waals surface area contributed by atoms with Crippen molar-refractivity contribution < 1.29 is 19.2 Å². The molecule has 32 heavy (non-hydrogen) atoms. The molecule has 159 valence electrons. The van der Waals surface area contributed by atoms with Crippen LogP contribution in [0.15, 0.2) is 53.2 Å². The van der Waals surface area contributed by atoms with Gasteiger partial charge in [0.1, 0.15) is 5.75 Å². The van der Waals surface area contributed by atoms with E-state index in [1.165, 1.54) is 0 Å². The number of aryl methyl sites for hydroxylation is 1. The van der Waals surface area contributed by atoms with E-state index < -0.39 is 5.97 Å². The Bertz CT molecular complexity index is 1260. The number of carboxylic acid groups (broad SMARTS) is 1. The molecule has 0 saturated heterocycles. The van der Waals surface area contributed by atoms with Gasteiger partial charge in [0.05, 0.1) is 17.5 Å². The SMILES string of the molecule is CC(C)Oc1ccc(-c2nc(-c3cccc4c(CCC(=O)O)nccc34)no2)cc1Cl.[Li]. The molecule has 0 spiro atoms. The topological polar surface area (TPSA) is 98.3 Å². The van der Waals surface area contributed by atoms with Crippen LogP contribution in [0.2, 0.25) is 5.02 Å². The van der Waals surface area contributed by atoms with Crippen LogP contribution >= 0.6 is 11.6 Å². The molecule has 0 bridgehead atoms. The van der Waals surface area contributed by atoms with Crippen molar-refractivity contribution >= 4 is 47.2 Å². The van der Waals surface area contributed by atoms with Gasteiger partial charge in [-0.25, -0.2) is 0 Å². The largest absolute Gasteiger partial charge is 0.489 e. The fraction of sp³-hybridized carbons (Fsp3) is 0.217. The number of carboxylic acids is 1. The van der Waals surface area contributed by atoms with Crippen LogP contribution in [-0.4, -0.2) is 51.2 Å². The van der Waals surface area contributed by atoms with E-state index in [0.29, 0.717) is 34.5 Å². The molecule has 0 atom stereocenters. The number of aliphatic carboxylic acids is 1. The van der Waals surface area contributed by atoms with Gasteiger partial charge in [0, 0.05) is 53.7 Å². The number of fused-ring (bicyclic) bond motifs is 1. The number of hydrogen-bond acceptors (Lipinski definition) is 6. The van der Waals surface area contributed by atoms with E-state index in [-0.39, 0.29) is 31.4 Å². The summed E-state index contributed by atoms with van der Waals surface area (Å²) in [7, 11) is 0. The van der Waals surface area contributed by atoms with Gasteiger partial charge >= 0.3 is 5.97 Å². The van der Waals surface area contributed by atoms with E-state index in [4.69, 9.17) is 26.0 Å². The Hall–Kier alpha value is -2.85. The fourth-order valence-corrected chi connectivity index (χ4v) is 3.55. The monoisotopic (exact) mass is 444 g/mol. The number of nitrogens with zero attached hydrogens (tertiary/aromatic N) is 3. The van der Waals surface area contributed by atoms with Crippen LogP contribution in [0.1, 0.15) is 26.0 Å². The zero-order valence-corrected chi connectivity index (χ0v) is 18.8. The Morgan fingerprint density at radius 3 is 2.72 bits per heavy atom. The van der Waals surface area contributed by atoms with E-state index in [0.717, 1.165) is 22.0 Å². The minimum absolute atomic E-state index is 0. The molecule has 0 aliphatic rings. The van der Waals surface area contributed by atoms with E-state index in [9.17, 15) is 4.79 Å². The zero-order chi connectivity index (χ0) is 22.0. The Kier molecular flexibility index (Phi) is 7.57. The first-order chi connectivity index (χ1) is 14.9. The van der Waals surface area contributed by atoms with E-state index >= 15 is 0 Å². The first-order valence-corrected chi connectivity index (χ1v) is 10.2. The molecule has 2 aromatic heterocycles. The summed E-state index contributed by atoms with van der Waals surface area (Å²) in [6, 6.07) is 12.9. The molecule has 4 rings (SSSR count). The molecule has 0 aliphatic heterocycles. The van der Waals surface area contributed by atoms with Crippen LogP contribution < -0.4 is 4.74 Å². The summed E-state index contributed by atoms with van der Waals surface area (Å²) in [6.07, 6.45) is 2.04. The first-order valence-electron chi connectivity index (χ1n) is 9.81. The maximum atomic E-state index is 11.0. The summed E-state index contributed by atoms with van der Waals surface area (Å²) in [6.45, 7) is 3.86. The molecular formula is C23H20ClLiN3O4. The van der Waals surface area contributed by atoms with Crippen LogP contribution in [0.3, 0.4) is 0 Å². The molecule has 0 fully saturated rings. The normalized spacial score (nSPS) is 10.9. The Labute approximate surface area is 201 Å². The summed E-state index contributed by atoms with van der Waals surface area (Å²) in [4.78, 5) is 19.8. The van der Waals surface area contributed by atoms with Crippen LogP contribution in [0.4, 0.5) is 0 Å². The minimum atomic E-state index is -0.860. The van der Waals surface area contributed by atoms with Crippen molar-refractivity contribution in [1.82, 2.24) is 15.1 Å². The van der Waals surface area contributed by atoms with Crippen molar-refractivity contribution in [3.05, 3.63) is 59.4 Å². The van der Waals surface area contributed by atoms with E-state index in [2.05, 4.69) is 15.1 Å². The summed E-state index contributed by atoms with van der Waals surface area (Å²) >= 11 is 6.33. The molecule has 9 heteroatoms. The smallest absolute Gasteiger partial charge is 0.303 e. The number of ether oxygens (including phenoxy) is 1. The Morgan fingerprint density at radius 1 is 1.19 bits per heavy atom. The van der Waals surface area contributed by atoms with Gasteiger partial charge in [-0.15, -0.1) is 0 Å². The molecule has 7 nitrogen and oxygen atoms in total. The van der Waals surface area contributed by atoms with Crippen molar-refractivity contribution in [2.75, 3.05) is 0 Å². The van der Waals surface area contributed by atoms with Crippen LogP contribution in [0.25, 0.3) is 33.6 Å². The van der Waals surface area contributed by atoms with E-state index in [1.54, 1.807) is 18.3 Å². The van der Waals surface area contributed by atoms with E-state index in [1.807, 2.05) is 44.2 Å². The molecule has 0 aliphatic carbocycles. The van der Waals surface area contributed by atoms with Gasteiger partial charge in [0.2, 0.25) is 5.82 Å². The number of aromatic nitrogens is 3. The van der Waals surface area contributed by atoms with Crippen LogP contribution in [0.5, 0.6) is 5.75 Å². The first kappa shape index (κ1) is 23.8. The van der Waals surface area contributed by atoms with Crippen molar-refractivity contribution in [3.63, 3.8) is 0 Å². The third kappa shape index (κ3) is 5.13. The van der Waals surface area contributed by atoms with Crippen molar-refractivity contribution in [3.8, 4) is 28.6 Å². The number of rotatable bonds is 7. The van der Waals surface area contributed by atoms with Gasteiger partial charge in [0.25, 0.3) is 5.89 Å². The van der Waals surface area contributed by atoms with Crippen molar-refractivity contribution in [2.24, 2.45) is 0 Å². The predicted molar refractivity (Wildman–Crippen MR) is 123 cm³/mol. The number of benzene rings is 2. The predicted octanol–water partition coefficient (Wildman–Crippen LogP) is 5.03. The van der Waals surface area contributed by atoms with Crippen molar-refractivity contribution in [1.29, 1.82) is 0 Å². The fourth-order valence-electron chi connectivity index (χ4n) is 3.32. The molecule has 1 N–H and O–H groups in total. The van der Waals surface area contributed by atoms with Crippen LogP contribution in [-0.2, 0) is 11.2 Å². The molecular weight excluding hydrogens is 425 g/mol. The average molecular weight is 445 g/mol. The summed E-state index contributed by atoms with van der Waals surface area (Å²) in [5, 5.41) is 15.3. The molecule has 1 radical (unpaired) electrons. The Morgan fingerprint density at radius 2 is 2.00 bits per heavy atom. The van der Waals surface area contributed by atoms with Gasteiger partial charge in [-0.05, 0) is 43.5 Å². The maximum Gasteiger partial charge on any atom is 0.303 e. The van der Waals surface area contributed by atoms with Gasteiger partial charge in [-0.1, -0.05) is 35.0 Å². The standard InChI is InChI=1S/C23H20ClN3O4.Li/c1-13(2)30-20-8-6-14(12-18(20)24)23-26-22(27-31-23)17-5-3-4-16-15(17)10-11-25-19(16)7-9-21(28)29;/h3-6,8,10-13H,7,9H2,1-2H3,(H,28,29);. The number of carbonyl (C=O) groups is 1. The molecule has 0 saturated carbocycles. The number of hydrogen-bond donors (Lipinski definition) is 1. The third-order valence-corrected chi connectivity index (χ3v) is 4.97. The number of pyridine rings is 1. The average Bonchev–Trinajstić information content (AvgIpc) is 3.23. The second kappa shape index (κ2) is 10.2. The van der Waals surface area contributed by atoms with Gasteiger partial charge in [-0.2, -0.15) is 4.98 Å². The molecule has 2 heterocycles. The van der Waals surface area contributed by atoms with Crippen LogP contribution in [0, 0.1) is 0 Å². The molecule has 0 amide bonds. The number of halogens is 1. The Balaban J connectivity index is 0.00000289. The van der Waals surface area contributed by atoms with Gasteiger partial charge < -0.3 is 14.4 Å². The van der Waals surface area contributed by atoms with Crippen molar-refractivity contribution in [2.45, 2.75) is 32.8 Å². The summed E-state index contributed by atoms with van der Waals surface area (Å²) < 4.78 is 11.1. The maximum absolute atomic E-state index is 11.0. The molecule has 0 unspecified atom stereocenters. The minimum Gasteiger partial charge on any atom is -0.489 e. The second-order valence-corrected chi connectivity index (χ2v) is 7.69. The zero-order valence-electron chi connectivity index (χ0n) is 18.0. The summed E-state index contributed by atoms with van der Waals surface area (Å²) in [5.41, 5.74) is 2.18. The van der Waals surface area contributed by atoms with Gasteiger partial charge in [0.15, 0.2) is 0 Å².